The Balaban J connectivity index is 0.000000237. The molecule has 0 saturated heterocycles. The summed E-state index contributed by atoms with van der Waals surface area (Å²) in [5.74, 6) is 0. The molecule has 0 aromatic carbocycles. The maximum Gasteiger partial charge on any atom is 0.136 e. The maximum absolute atomic E-state index is 4.25. The third kappa shape index (κ3) is 12.9. The second-order valence-corrected chi connectivity index (χ2v) is 8.24. The van der Waals surface area contributed by atoms with Crippen LogP contribution in [0.5, 0.6) is 0 Å². The molecule has 0 bridgehead atoms. The number of unbranched alkanes of at least 4 members (excludes halogenated alkanes) is 2. The van der Waals surface area contributed by atoms with Gasteiger partial charge < -0.3 is 13.9 Å². The first kappa shape index (κ1) is 30.0. The van der Waals surface area contributed by atoms with E-state index in [1.807, 2.05) is 53.6 Å². The standard InChI is InChI=1S/C9H10N2.C8H19N.C7H9N.C5H8N2/c1-2-8-7-10-9-5-3-4-6-11(8)9;1-4-6-7-8-9(3)5-2;1-2-7-4-3-5-8-6-7;1-2-7-4-3-6-5-7/h3-7H,2H2,1H3;4-8H2,1-3H3;3-6H,2H2,1H3;3-5H,2H2,1H3. The van der Waals surface area contributed by atoms with E-state index in [2.05, 4.69) is 72.0 Å². The van der Waals surface area contributed by atoms with Crippen LogP contribution in [0.3, 0.4) is 0 Å². The molecule has 4 aromatic rings. The molecule has 0 amide bonds. The quantitative estimate of drug-likeness (QED) is 0.269. The zero-order valence-electron chi connectivity index (χ0n) is 22.8. The maximum atomic E-state index is 4.25. The van der Waals surface area contributed by atoms with Gasteiger partial charge in [0.2, 0.25) is 0 Å². The van der Waals surface area contributed by atoms with E-state index >= 15 is 0 Å². The summed E-state index contributed by atoms with van der Waals surface area (Å²) in [7, 11) is 2.18. The largest absolute Gasteiger partial charge is 0.338 e. The van der Waals surface area contributed by atoms with Crippen molar-refractivity contribution in [2.24, 2.45) is 0 Å². The lowest BCUT2D eigenvalue weighted by Gasteiger charge is -2.12. The van der Waals surface area contributed by atoms with Gasteiger partial charge >= 0.3 is 0 Å². The average Bonchev–Trinajstić information content (AvgIpc) is 3.60. The van der Waals surface area contributed by atoms with Crippen molar-refractivity contribution in [2.45, 2.75) is 73.3 Å². The third-order valence-electron chi connectivity index (χ3n) is 5.59. The first-order valence-electron chi connectivity index (χ1n) is 13.0. The number of aryl methyl sites for hydroxylation is 3. The molecule has 0 fully saturated rings. The van der Waals surface area contributed by atoms with Gasteiger partial charge in [-0.1, -0.05) is 52.7 Å². The fourth-order valence-electron chi connectivity index (χ4n) is 3.12. The summed E-state index contributed by atoms with van der Waals surface area (Å²) in [6.45, 7) is 14.3. The Labute approximate surface area is 213 Å². The summed E-state index contributed by atoms with van der Waals surface area (Å²) in [5, 5.41) is 0. The molecule has 6 heteroatoms. The van der Waals surface area contributed by atoms with E-state index in [0.29, 0.717) is 0 Å². The van der Waals surface area contributed by atoms with Gasteiger partial charge in [0.1, 0.15) is 5.65 Å². The monoisotopic (exact) mass is 478 g/mol. The van der Waals surface area contributed by atoms with Crippen LogP contribution in [0.15, 0.2) is 73.8 Å². The number of aromatic nitrogens is 5. The van der Waals surface area contributed by atoms with E-state index in [0.717, 1.165) is 25.0 Å². The normalized spacial score (nSPS) is 10.0. The van der Waals surface area contributed by atoms with Crippen molar-refractivity contribution in [2.75, 3.05) is 20.1 Å². The van der Waals surface area contributed by atoms with Crippen LogP contribution >= 0.6 is 0 Å². The van der Waals surface area contributed by atoms with Crippen molar-refractivity contribution in [1.82, 2.24) is 28.8 Å². The summed E-state index contributed by atoms with van der Waals surface area (Å²) in [4.78, 5) is 14.4. The van der Waals surface area contributed by atoms with E-state index in [-0.39, 0.29) is 0 Å². The van der Waals surface area contributed by atoms with Crippen LogP contribution < -0.4 is 0 Å². The van der Waals surface area contributed by atoms with Crippen LogP contribution in [0, 0.1) is 0 Å². The lowest BCUT2D eigenvalue weighted by molar-refractivity contribution is 0.343. The first-order chi connectivity index (χ1) is 17.1. The summed E-state index contributed by atoms with van der Waals surface area (Å²) >= 11 is 0. The van der Waals surface area contributed by atoms with Crippen molar-refractivity contribution in [1.29, 1.82) is 0 Å². The molecular formula is C29H46N6. The highest BCUT2D eigenvalue weighted by atomic mass is 15.1. The molecule has 6 nitrogen and oxygen atoms in total. The van der Waals surface area contributed by atoms with E-state index in [9.17, 15) is 0 Å². The van der Waals surface area contributed by atoms with Crippen molar-refractivity contribution < 1.29 is 0 Å². The van der Waals surface area contributed by atoms with E-state index in [1.54, 1.807) is 18.7 Å². The van der Waals surface area contributed by atoms with Gasteiger partial charge in [-0.3, -0.25) is 4.98 Å². The van der Waals surface area contributed by atoms with Crippen LogP contribution in [0.4, 0.5) is 0 Å². The highest BCUT2D eigenvalue weighted by Gasteiger charge is 1.97. The highest BCUT2D eigenvalue weighted by Crippen LogP contribution is 2.05. The molecule has 0 aliphatic carbocycles. The molecule has 0 spiro atoms. The number of rotatable bonds is 8. The molecule has 0 aliphatic heterocycles. The molecule has 4 aromatic heterocycles. The number of fused-ring (bicyclic) bond motifs is 1. The fraction of sp³-hybridized carbons (Fsp3) is 0.483. The van der Waals surface area contributed by atoms with Crippen molar-refractivity contribution in [3.05, 3.63) is 85.1 Å². The Hall–Kier alpha value is -2.99. The summed E-state index contributed by atoms with van der Waals surface area (Å²) in [6, 6.07) is 10.1. The predicted molar refractivity (Wildman–Crippen MR) is 149 cm³/mol. The summed E-state index contributed by atoms with van der Waals surface area (Å²) in [6.07, 6.45) is 19.4. The predicted octanol–water partition coefficient (Wildman–Crippen LogP) is 6.57. The molecular weight excluding hydrogens is 432 g/mol. The number of hydrogen-bond donors (Lipinski definition) is 0. The smallest absolute Gasteiger partial charge is 0.136 e. The molecule has 0 unspecified atom stereocenters. The molecule has 0 N–H and O–H groups in total. The van der Waals surface area contributed by atoms with Crippen LogP contribution in [-0.2, 0) is 19.4 Å². The zero-order valence-corrected chi connectivity index (χ0v) is 22.8. The van der Waals surface area contributed by atoms with Gasteiger partial charge in [-0.2, -0.15) is 0 Å². The molecule has 0 aliphatic rings. The minimum Gasteiger partial charge on any atom is -0.338 e. The SMILES string of the molecule is CCCCCN(C)CC.CCc1cccnc1.CCc1cnc2ccccn12.CCn1ccnc1. The first-order valence-corrected chi connectivity index (χ1v) is 13.0. The van der Waals surface area contributed by atoms with Crippen LogP contribution in [0.1, 0.15) is 65.1 Å². The Morgan fingerprint density at radius 1 is 0.829 bits per heavy atom. The Morgan fingerprint density at radius 2 is 1.66 bits per heavy atom. The Morgan fingerprint density at radius 3 is 2.17 bits per heavy atom. The highest BCUT2D eigenvalue weighted by molar-refractivity contribution is 5.39. The van der Waals surface area contributed by atoms with Gasteiger partial charge in [0.05, 0.1) is 6.33 Å². The average molecular weight is 479 g/mol. The molecule has 0 saturated carbocycles. The van der Waals surface area contributed by atoms with E-state index in [1.165, 1.54) is 43.6 Å². The fourth-order valence-corrected chi connectivity index (χ4v) is 3.12. The Kier molecular flexibility index (Phi) is 16.6. The van der Waals surface area contributed by atoms with Crippen molar-refractivity contribution in [3.8, 4) is 0 Å². The number of hydrogen-bond acceptors (Lipinski definition) is 4. The van der Waals surface area contributed by atoms with Crippen LogP contribution in [-0.4, -0.2) is 49.0 Å². The molecule has 192 valence electrons. The summed E-state index contributed by atoms with van der Waals surface area (Å²) < 4.78 is 4.12. The van der Waals surface area contributed by atoms with Crippen molar-refractivity contribution in [3.63, 3.8) is 0 Å². The van der Waals surface area contributed by atoms with Gasteiger partial charge in [-0.15, -0.1) is 0 Å². The summed E-state index contributed by atoms with van der Waals surface area (Å²) in [5.41, 5.74) is 3.59. The second-order valence-electron chi connectivity index (χ2n) is 8.24. The minimum atomic E-state index is 1.01. The molecule has 0 atom stereocenters. The molecule has 35 heavy (non-hydrogen) atoms. The van der Waals surface area contributed by atoms with Crippen LogP contribution in [0.25, 0.3) is 5.65 Å². The zero-order chi connectivity index (χ0) is 25.7. The molecule has 0 radical (unpaired) electrons. The van der Waals surface area contributed by atoms with Gasteiger partial charge in [0, 0.05) is 49.4 Å². The number of nitrogens with zero attached hydrogens (tertiary/aromatic N) is 6. The minimum absolute atomic E-state index is 1.01. The van der Waals surface area contributed by atoms with Gasteiger partial charge in [-0.25, -0.2) is 9.97 Å². The topological polar surface area (TPSA) is 51.3 Å². The lowest BCUT2D eigenvalue weighted by Crippen LogP contribution is -2.18. The second kappa shape index (κ2) is 19.3. The van der Waals surface area contributed by atoms with Crippen molar-refractivity contribution >= 4 is 5.65 Å². The number of imidazole rings is 2. The van der Waals surface area contributed by atoms with Gasteiger partial charge in [0.25, 0.3) is 0 Å². The third-order valence-corrected chi connectivity index (χ3v) is 5.59. The van der Waals surface area contributed by atoms with Crippen LogP contribution in [0.2, 0.25) is 0 Å². The van der Waals surface area contributed by atoms with Gasteiger partial charge in [0.15, 0.2) is 0 Å². The Bertz CT molecular complexity index is 979. The van der Waals surface area contributed by atoms with Gasteiger partial charge in [-0.05, 0) is 70.1 Å². The van der Waals surface area contributed by atoms with E-state index in [4.69, 9.17) is 0 Å². The lowest BCUT2D eigenvalue weighted by atomic mass is 10.2. The molecule has 4 heterocycles. The number of pyridine rings is 2. The van der Waals surface area contributed by atoms with E-state index < -0.39 is 0 Å². The molecule has 4 rings (SSSR count).